The molecule has 0 aliphatic rings. The van der Waals surface area contributed by atoms with E-state index >= 15 is 0 Å². The Kier molecular flexibility index (Phi) is 2.73. The summed E-state index contributed by atoms with van der Waals surface area (Å²) in [6.45, 7) is 0. The number of benzene rings is 4. The standard InChI is InChI=1S/C20H11IS/c21-16-11-13-6-2-4-8-15(13)19-18-14-7-3-1-5-12(14)9-10-17(18)22-20(16)19/h1-11H. The van der Waals surface area contributed by atoms with Crippen LogP contribution in [0.25, 0.3) is 41.7 Å². The highest BCUT2D eigenvalue weighted by Gasteiger charge is 2.13. The molecule has 0 bridgehead atoms. The van der Waals surface area contributed by atoms with Gasteiger partial charge >= 0.3 is 0 Å². The van der Waals surface area contributed by atoms with Gasteiger partial charge in [-0.05, 0) is 56.3 Å². The lowest BCUT2D eigenvalue weighted by Gasteiger charge is -2.04. The van der Waals surface area contributed by atoms with Gasteiger partial charge in [0, 0.05) is 23.7 Å². The van der Waals surface area contributed by atoms with Crippen LogP contribution in [0.4, 0.5) is 0 Å². The Balaban J connectivity index is 2.20. The second-order valence-corrected chi connectivity index (χ2v) is 7.76. The lowest BCUT2D eigenvalue weighted by molar-refractivity contribution is 1.79. The van der Waals surface area contributed by atoms with Crippen molar-refractivity contribution in [2.75, 3.05) is 0 Å². The van der Waals surface area contributed by atoms with Gasteiger partial charge < -0.3 is 0 Å². The van der Waals surface area contributed by atoms with Crippen molar-refractivity contribution >= 4 is 75.6 Å². The van der Waals surface area contributed by atoms with Gasteiger partial charge in [0.2, 0.25) is 0 Å². The summed E-state index contributed by atoms with van der Waals surface area (Å²) in [4.78, 5) is 0. The van der Waals surface area contributed by atoms with Crippen LogP contribution in [0.3, 0.4) is 0 Å². The van der Waals surface area contributed by atoms with Crippen LogP contribution in [-0.2, 0) is 0 Å². The smallest absolute Gasteiger partial charge is 0.0495 e. The van der Waals surface area contributed by atoms with Crippen molar-refractivity contribution in [3.05, 3.63) is 70.3 Å². The molecule has 0 unspecified atom stereocenters. The SMILES string of the molecule is Ic1cc2ccccc2c2c1sc1ccc3ccccc3c12. The quantitative estimate of drug-likeness (QED) is 0.242. The third kappa shape index (κ3) is 1.68. The molecular weight excluding hydrogens is 399 g/mol. The number of hydrogen-bond acceptors (Lipinski definition) is 1. The minimum absolute atomic E-state index is 1.32. The fraction of sp³-hybridized carbons (Fsp3) is 0. The maximum Gasteiger partial charge on any atom is 0.0495 e. The van der Waals surface area contributed by atoms with E-state index in [2.05, 4.69) is 89.3 Å². The van der Waals surface area contributed by atoms with Crippen molar-refractivity contribution in [2.45, 2.75) is 0 Å². The van der Waals surface area contributed by atoms with Crippen molar-refractivity contribution in [3.63, 3.8) is 0 Å². The monoisotopic (exact) mass is 410 g/mol. The highest BCUT2D eigenvalue weighted by Crippen LogP contribution is 2.43. The molecule has 0 atom stereocenters. The van der Waals surface area contributed by atoms with Crippen LogP contribution >= 0.6 is 33.9 Å². The van der Waals surface area contributed by atoms with Crippen LogP contribution in [0.5, 0.6) is 0 Å². The molecule has 0 radical (unpaired) electrons. The van der Waals surface area contributed by atoms with Gasteiger partial charge in [0.15, 0.2) is 0 Å². The second kappa shape index (κ2) is 4.67. The summed E-state index contributed by atoms with van der Waals surface area (Å²) in [5, 5.41) is 8.19. The van der Waals surface area contributed by atoms with E-state index in [-0.39, 0.29) is 0 Å². The molecule has 5 rings (SSSR count). The highest BCUT2D eigenvalue weighted by atomic mass is 127. The maximum absolute atomic E-state index is 2.48. The number of hydrogen-bond donors (Lipinski definition) is 0. The Bertz CT molecular complexity index is 1180. The molecule has 0 fully saturated rings. The van der Waals surface area contributed by atoms with Crippen molar-refractivity contribution in [3.8, 4) is 0 Å². The fourth-order valence-corrected chi connectivity index (χ4v) is 5.42. The molecule has 0 aliphatic heterocycles. The molecular formula is C20H11IS. The van der Waals surface area contributed by atoms with Crippen LogP contribution in [-0.4, -0.2) is 0 Å². The summed E-state index contributed by atoms with van der Waals surface area (Å²) >= 11 is 4.39. The van der Waals surface area contributed by atoms with Crippen LogP contribution in [0.1, 0.15) is 0 Å². The molecule has 0 saturated heterocycles. The molecule has 1 heterocycles. The summed E-state index contributed by atoms with van der Waals surface area (Å²) in [5.41, 5.74) is 0. The average molecular weight is 410 g/mol. The fourth-order valence-electron chi connectivity index (χ4n) is 3.35. The molecule has 5 aromatic rings. The van der Waals surface area contributed by atoms with E-state index in [1.807, 2.05) is 11.3 Å². The molecule has 2 heteroatoms. The molecule has 0 spiro atoms. The minimum Gasteiger partial charge on any atom is -0.134 e. The van der Waals surface area contributed by atoms with Gasteiger partial charge in [-0.15, -0.1) is 11.3 Å². The van der Waals surface area contributed by atoms with Gasteiger partial charge in [0.25, 0.3) is 0 Å². The first-order valence-corrected chi connectivity index (χ1v) is 9.14. The predicted octanol–water partition coefficient (Wildman–Crippen LogP) is 6.97. The molecule has 0 nitrogen and oxygen atoms in total. The summed E-state index contributed by atoms with van der Waals surface area (Å²) in [6.07, 6.45) is 0. The minimum atomic E-state index is 1.32. The number of halogens is 1. The summed E-state index contributed by atoms with van der Waals surface area (Å²) in [5.74, 6) is 0. The third-order valence-corrected chi connectivity index (χ3v) is 6.71. The Morgan fingerprint density at radius 2 is 1.36 bits per heavy atom. The first-order valence-electron chi connectivity index (χ1n) is 7.24. The zero-order valence-corrected chi connectivity index (χ0v) is 14.6. The number of rotatable bonds is 0. The van der Waals surface area contributed by atoms with Gasteiger partial charge in [0.1, 0.15) is 0 Å². The van der Waals surface area contributed by atoms with E-state index in [1.54, 1.807) is 0 Å². The Morgan fingerprint density at radius 1 is 0.682 bits per heavy atom. The lowest BCUT2D eigenvalue weighted by atomic mass is 10.00. The Labute approximate surface area is 145 Å². The van der Waals surface area contributed by atoms with E-state index < -0.39 is 0 Å². The largest absolute Gasteiger partial charge is 0.134 e. The molecule has 0 amide bonds. The van der Waals surface area contributed by atoms with Crippen molar-refractivity contribution in [2.24, 2.45) is 0 Å². The van der Waals surface area contributed by atoms with E-state index in [0.717, 1.165) is 0 Å². The lowest BCUT2D eigenvalue weighted by Crippen LogP contribution is -1.79. The summed E-state index contributed by atoms with van der Waals surface area (Å²) < 4.78 is 4.13. The van der Waals surface area contributed by atoms with E-state index in [9.17, 15) is 0 Å². The Hall–Kier alpha value is -1.65. The normalized spacial score (nSPS) is 11.9. The molecule has 4 aromatic carbocycles. The maximum atomic E-state index is 2.48. The van der Waals surface area contributed by atoms with Crippen LogP contribution in [0.2, 0.25) is 0 Å². The molecule has 0 aliphatic carbocycles. The number of thiophene rings is 1. The molecule has 0 N–H and O–H groups in total. The summed E-state index contributed by atoms with van der Waals surface area (Å²) in [7, 11) is 0. The van der Waals surface area contributed by atoms with Crippen molar-refractivity contribution in [1.29, 1.82) is 0 Å². The van der Waals surface area contributed by atoms with Gasteiger partial charge in [-0.3, -0.25) is 0 Å². The van der Waals surface area contributed by atoms with E-state index in [4.69, 9.17) is 0 Å². The van der Waals surface area contributed by atoms with Crippen molar-refractivity contribution < 1.29 is 0 Å². The number of fused-ring (bicyclic) bond motifs is 7. The molecule has 0 saturated carbocycles. The van der Waals surface area contributed by atoms with Crippen LogP contribution < -0.4 is 0 Å². The molecule has 1 aromatic heterocycles. The van der Waals surface area contributed by atoms with E-state index in [0.29, 0.717) is 0 Å². The highest BCUT2D eigenvalue weighted by molar-refractivity contribution is 14.1. The first kappa shape index (κ1) is 12.9. The topological polar surface area (TPSA) is 0 Å². The van der Waals surface area contributed by atoms with Gasteiger partial charge in [-0.2, -0.15) is 0 Å². The van der Waals surface area contributed by atoms with Crippen LogP contribution in [0, 0.1) is 3.57 Å². The third-order valence-electron chi connectivity index (χ3n) is 4.31. The van der Waals surface area contributed by atoms with Gasteiger partial charge in [-0.1, -0.05) is 54.6 Å². The van der Waals surface area contributed by atoms with Crippen LogP contribution in [0.15, 0.2) is 66.7 Å². The van der Waals surface area contributed by atoms with E-state index in [1.165, 1.54) is 45.3 Å². The van der Waals surface area contributed by atoms with Crippen molar-refractivity contribution in [1.82, 2.24) is 0 Å². The summed E-state index contributed by atoms with van der Waals surface area (Å²) in [6, 6.07) is 24.2. The Morgan fingerprint density at radius 3 is 2.18 bits per heavy atom. The first-order chi connectivity index (χ1) is 10.8. The zero-order valence-electron chi connectivity index (χ0n) is 11.6. The van der Waals surface area contributed by atoms with Gasteiger partial charge in [0.05, 0.1) is 0 Å². The average Bonchev–Trinajstić information content (AvgIpc) is 2.96. The second-order valence-electron chi connectivity index (χ2n) is 5.55. The van der Waals surface area contributed by atoms with Gasteiger partial charge in [-0.25, -0.2) is 0 Å². The molecule has 22 heavy (non-hydrogen) atoms. The predicted molar refractivity (Wildman–Crippen MR) is 107 cm³/mol. The zero-order chi connectivity index (χ0) is 14.7. The molecule has 104 valence electrons.